The van der Waals surface area contributed by atoms with Crippen molar-refractivity contribution in [3.8, 4) is 6.07 Å². The summed E-state index contributed by atoms with van der Waals surface area (Å²) < 4.78 is 41.7. The Morgan fingerprint density at radius 1 is 0.676 bits per heavy atom. The molecule has 4 aromatic rings. The Morgan fingerprint density at radius 2 is 1.16 bits per heavy atom. The molecule has 1 unspecified atom stereocenters. The quantitative estimate of drug-likeness (QED) is 0.147. The summed E-state index contributed by atoms with van der Waals surface area (Å²) in [6, 6.07) is 33.8. The molecule has 0 aliphatic carbocycles. The molecule has 0 aliphatic heterocycles. The van der Waals surface area contributed by atoms with Crippen molar-refractivity contribution in [1.82, 2.24) is 0 Å². The van der Waals surface area contributed by atoms with Crippen LogP contribution in [-0.4, -0.2) is 5.78 Å². The van der Waals surface area contributed by atoms with Crippen LogP contribution in [-0.2, 0) is 6.18 Å². The van der Waals surface area contributed by atoms with Crippen molar-refractivity contribution >= 4 is 16.9 Å². The van der Waals surface area contributed by atoms with E-state index in [1.165, 1.54) is 24.3 Å². The smallest absolute Gasteiger partial charge is 0.289 e. The lowest BCUT2D eigenvalue weighted by Crippen LogP contribution is -2.12. The third-order valence-electron chi connectivity index (χ3n) is 5.89. The van der Waals surface area contributed by atoms with Crippen LogP contribution < -0.4 is 0 Å². The number of benzene rings is 4. The third-order valence-corrected chi connectivity index (χ3v) is 5.89. The van der Waals surface area contributed by atoms with Gasteiger partial charge in [0.2, 0.25) is 0 Å². The normalized spacial score (nSPS) is 13.0. The highest BCUT2D eigenvalue weighted by atomic mass is 19.4. The molecule has 182 valence electrons. The fraction of sp³-hybridized carbons (Fsp3) is 0.0625. The number of ketones is 1. The lowest BCUT2D eigenvalue weighted by molar-refractivity contribution is -0.138. The molecule has 0 fully saturated rings. The van der Waals surface area contributed by atoms with Crippen LogP contribution in [0.4, 0.5) is 13.2 Å². The largest absolute Gasteiger partial charge is 0.416 e. The van der Waals surface area contributed by atoms with E-state index in [-0.39, 0.29) is 11.3 Å². The molecule has 0 heterocycles. The molecule has 0 spiro atoms. The van der Waals surface area contributed by atoms with Gasteiger partial charge >= 0.3 is 6.18 Å². The molecule has 0 N–H and O–H groups in total. The van der Waals surface area contributed by atoms with Gasteiger partial charge in [0.1, 0.15) is 0 Å². The minimum absolute atomic E-state index is 0.144. The van der Waals surface area contributed by atoms with Crippen LogP contribution in [0.3, 0.4) is 0 Å². The topological polar surface area (TPSA) is 40.9 Å². The maximum Gasteiger partial charge on any atom is 0.416 e. The van der Waals surface area contributed by atoms with Gasteiger partial charge in [-0.1, -0.05) is 109 Å². The molecule has 0 aliphatic rings. The number of allylic oxidation sites excluding steroid dienone is 4. The second-order valence-electron chi connectivity index (χ2n) is 8.31. The van der Waals surface area contributed by atoms with E-state index in [2.05, 4.69) is 6.07 Å². The number of hydrogen-bond acceptors (Lipinski definition) is 2. The molecular weight excluding hydrogens is 471 g/mol. The molecule has 0 bridgehead atoms. The highest BCUT2D eigenvalue weighted by Crippen LogP contribution is 2.41. The van der Waals surface area contributed by atoms with Gasteiger partial charge in [-0.2, -0.15) is 18.4 Å². The Morgan fingerprint density at radius 3 is 1.70 bits per heavy atom. The summed E-state index contributed by atoms with van der Waals surface area (Å²) in [7, 11) is 0. The van der Waals surface area contributed by atoms with Gasteiger partial charge in [-0.3, -0.25) is 4.79 Å². The molecule has 1 atom stereocenters. The average Bonchev–Trinajstić information content (AvgIpc) is 2.93. The number of hydrogen-bond donors (Lipinski definition) is 0. The first-order chi connectivity index (χ1) is 17.9. The zero-order chi connectivity index (χ0) is 26.3. The number of rotatable bonds is 7. The van der Waals surface area contributed by atoms with E-state index in [9.17, 15) is 23.2 Å². The van der Waals surface area contributed by atoms with Crippen LogP contribution in [0.2, 0.25) is 0 Å². The summed E-state index contributed by atoms with van der Waals surface area (Å²) in [5.41, 5.74) is 1.59. The SMILES string of the molecule is N#CC(/C(=C\C(=C/C(=O)c1ccccc1)c1ccccc1)c1ccccc1)c1ccccc1C(F)(F)F. The lowest BCUT2D eigenvalue weighted by atomic mass is 9.83. The monoisotopic (exact) mass is 493 g/mol. The van der Waals surface area contributed by atoms with Crippen LogP contribution in [0.15, 0.2) is 127 Å². The zero-order valence-electron chi connectivity index (χ0n) is 19.7. The molecule has 0 saturated carbocycles. The predicted molar refractivity (Wildman–Crippen MR) is 139 cm³/mol. The molecule has 0 radical (unpaired) electrons. The minimum Gasteiger partial charge on any atom is -0.289 e. The number of carbonyl (C=O) groups excluding carboxylic acids is 1. The minimum atomic E-state index is -4.63. The predicted octanol–water partition coefficient (Wildman–Crippen LogP) is 8.36. The molecule has 37 heavy (non-hydrogen) atoms. The van der Waals surface area contributed by atoms with E-state index in [0.29, 0.717) is 27.8 Å². The van der Waals surface area contributed by atoms with Gasteiger partial charge in [0.15, 0.2) is 5.78 Å². The summed E-state index contributed by atoms with van der Waals surface area (Å²) in [5.74, 6) is -1.49. The van der Waals surface area contributed by atoms with Gasteiger partial charge in [0.05, 0.1) is 17.6 Å². The Kier molecular flexibility index (Phi) is 7.80. The van der Waals surface area contributed by atoms with Gasteiger partial charge < -0.3 is 0 Å². The van der Waals surface area contributed by atoms with Crippen molar-refractivity contribution in [3.63, 3.8) is 0 Å². The van der Waals surface area contributed by atoms with Crippen molar-refractivity contribution in [2.45, 2.75) is 12.1 Å². The van der Waals surface area contributed by atoms with Gasteiger partial charge in [0, 0.05) is 5.56 Å². The van der Waals surface area contributed by atoms with Crippen molar-refractivity contribution in [3.05, 3.63) is 155 Å². The summed E-state index contributed by atoms with van der Waals surface area (Å²) in [4.78, 5) is 13.1. The van der Waals surface area contributed by atoms with E-state index in [1.807, 2.05) is 36.4 Å². The van der Waals surface area contributed by atoms with Gasteiger partial charge in [-0.05, 0) is 46.1 Å². The molecule has 0 saturated heterocycles. The summed E-state index contributed by atoms with van der Waals surface area (Å²) >= 11 is 0. The highest BCUT2D eigenvalue weighted by Gasteiger charge is 2.36. The van der Waals surface area contributed by atoms with Crippen LogP contribution in [0.1, 0.15) is 38.5 Å². The fourth-order valence-electron chi connectivity index (χ4n) is 4.11. The second kappa shape index (κ2) is 11.4. The fourth-order valence-corrected chi connectivity index (χ4v) is 4.11. The van der Waals surface area contributed by atoms with Crippen LogP contribution in [0.5, 0.6) is 0 Å². The van der Waals surface area contributed by atoms with E-state index in [0.717, 1.165) is 6.07 Å². The Bertz CT molecular complexity index is 1470. The third kappa shape index (κ3) is 6.12. The zero-order valence-corrected chi connectivity index (χ0v) is 19.7. The van der Waals surface area contributed by atoms with Gasteiger partial charge in [-0.15, -0.1) is 0 Å². The van der Waals surface area contributed by atoms with Crippen LogP contribution in [0, 0.1) is 11.3 Å². The molecule has 0 aromatic heterocycles. The van der Waals surface area contributed by atoms with Crippen molar-refractivity contribution in [1.29, 1.82) is 5.26 Å². The second-order valence-corrected chi connectivity index (χ2v) is 8.31. The first kappa shape index (κ1) is 25.4. The maximum atomic E-state index is 13.9. The van der Waals surface area contributed by atoms with E-state index in [1.54, 1.807) is 60.7 Å². The Labute approximate surface area is 213 Å². The van der Waals surface area contributed by atoms with Crippen molar-refractivity contribution < 1.29 is 18.0 Å². The average molecular weight is 494 g/mol. The van der Waals surface area contributed by atoms with Crippen molar-refractivity contribution in [2.75, 3.05) is 0 Å². The highest BCUT2D eigenvalue weighted by molar-refractivity contribution is 6.10. The number of halogens is 3. The Balaban J connectivity index is 1.95. The van der Waals surface area contributed by atoms with E-state index in [4.69, 9.17) is 0 Å². The number of nitriles is 1. The van der Waals surface area contributed by atoms with Gasteiger partial charge in [-0.25, -0.2) is 0 Å². The molecular formula is C32H22F3NO. The van der Waals surface area contributed by atoms with Crippen LogP contribution in [0.25, 0.3) is 11.1 Å². The van der Waals surface area contributed by atoms with E-state index >= 15 is 0 Å². The van der Waals surface area contributed by atoms with Gasteiger partial charge in [0.25, 0.3) is 0 Å². The number of carbonyl (C=O) groups is 1. The lowest BCUT2D eigenvalue weighted by Gasteiger charge is -2.20. The standard InChI is InChI=1S/C32H22F3NO/c33-32(34,35)30-19-11-10-18-27(30)29(22-36)28(24-14-6-2-7-15-24)20-26(23-12-4-1-5-13-23)21-31(37)25-16-8-3-9-17-25/h1-21,29H/b26-21+,28-20-. The Hall–Kier alpha value is -4.69. The summed E-state index contributed by atoms with van der Waals surface area (Å²) in [6.07, 6.45) is -1.53. The summed E-state index contributed by atoms with van der Waals surface area (Å²) in [5, 5.41) is 10.2. The molecule has 0 amide bonds. The first-order valence-electron chi connectivity index (χ1n) is 11.6. The summed E-state index contributed by atoms with van der Waals surface area (Å²) in [6.45, 7) is 0. The molecule has 4 aromatic carbocycles. The first-order valence-corrected chi connectivity index (χ1v) is 11.6. The number of alkyl halides is 3. The maximum absolute atomic E-state index is 13.9. The van der Waals surface area contributed by atoms with Crippen LogP contribution >= 0.6 is 0 Å². The van der Waals surface area contributed by atoms with Crippen molar-refractivity contribution in [2.24, 2.45) is 0 Å². The molecule has 5 heteroatoms. The van der Waals surface area contributed by atoms with E-state index < -0.39 is 17.7 Å². The molecule has 2 nitrogen and oxygen atoms in total. The molecule has 4 rings (SSSR count). The number of nitrogens with zero attached hydrogens (tertiary/aromatic N) is 1.